The molecule has 0 aliphatic heterocycles. The number of aromatic amines is 1. The molecule has 0 amide bonds. The van der Waals surface area contributed by atoms with Crippen molar-refractivity contribution in [1.82, 2.24) is 9.97 Å². The second-order valence-electron chi connectivity index (χ2n) is 3.25. The van der Waals surface area contributed by atoms with Crippen LogP contribution in [0.3, 0.4) is 0 Å². The summed E-state index contributed by atoms with van der Waals surface area (Å²) < 4.78 is 14.6. The van der Waals surface area contributed by atoms with Gasteiger partial charge in [0.25, 0.3) is 5.56 Å². The maximum absolute atomic E-state index is 13.7. The van der Waals surface area contributed by atoms with Crippen LogP contribution in [0.5, 0.6) is 0 Å². The van der Waals surface area contributed by atoms with Gasteiger partial charge in [0.15, 0.2) is 5.16 Å². The Labute approximate surface area is 110 Å². The molecule has 0 radical (unpaired) electrons. The average Bonchev–Trinajstić information content (AvgIpc) is 2.30. The van der Waals surface area contributed by atoms with Crippen molar-refractivity contribution in [2.45, 2.75) is 5.16 Å². The van der Waals surface area contributed by atoms with Gasteiger partial charge in [0.05, 0.1) is 0 Å². The standard InChI is InChI=1S/C11H8BrFN2OS/c1-17-11-14-9(13)8(10(16)15-11)6-2-4-7(12)5-3-6/h2-5H,1H3,(H,14,15,16). The molecule has 17 heavy (non-hydrogen) atoms. The highest BCUT2D eigenvalue weighted by molar-refractivity contribution is 9.10. The van der Waals surface area contributed by atoms with Gasteiger partial charge in [-0.1, -0.05) is 39.8 Å². The fourth-order valence-corrected chi connectivity index (χ4v) is 2.02. The van der Waals surface area contributed by atoms with Crippen LogP contribution in [-0.4, -0.2) is 16.2 Å². The number of hydrogen-bond acceptors (Lipinski definition) is 3. The minimum Gasteiger partial charge on any atom is -0.301 e. The smallest absolute Gasteiger partial charge is 0.262 e. The molecule has 0 spiro atoms. The Hall–Kier alpha value is -1.14. The molecule has 0 aliphatic rings. The first-order valence-corrected chi connectivity index (χ1v) is 6.73. The van der Waals surface area contributed by atoms with E-state index in [0.29, 0.717) is 5.56 Å². The molecule has 1 N–H and O–H groups in total. The SMILES string of the molecule is CSc1nc(F)c(-c2ccc(Br)cc2)c(=O)[nH]1. The van der Waals surface area contributed by atoms with Gasteiger partial charge in [-0.3, -0.25) is 4.79 Å². The molecule has 88 valence electrons. The molecule has 6 heteroatoms. The number of nitrogens with zero attached hydrogens (tertiary/aromatic N) is 1. The predicted molar refractivity (Wildman–Crippen MR) is 69.7 cm³/mol. The molecule has 1 aromatic heterocycles. The third-order valence-electron chi connectivity index (χ3n) is 2.18. The maximum atomic E-state index is 13.7. The monoisotopic (exact) mass is 314 g/mol. The van der Waals surface area contributed by atoms with Gasteiger partial charge in [-0.15, -0.1) is 0 Å². The molecule has 2 rings (SSSR count). The quantitative estimate of drug-likeness (QED) is 0.526. The molecule has 3 nitrogen and oxygen atoms in total. The summed E-state index contributed by atoms with van der Waals surface area (Å²) in [4.78, 5) is 17.9. The zero-order valence-corrected chi connectivity index (χ0v) is 11.2. The maximum Gasteiger partial charge on any atom is 0.262 e. The van der Waals surface area contributed by atoms with Gasteiger partial charge in [0.2, 0.25) is 5.95 Å². The summed E-state index contributed by atoms with van der Waals surface area (Å²) in [5.41, 5.74) is 0.00609. The highest BCUT2D eigenvalue weighted by Gasteiger charge is 2.12. The van der Waals surface area contributed by atoms with E-state index in [4.69, 9.17) is 0 Å². The van der Waals surface area contributed by atoms with Crippen LogP contribution >= 0.6 is 27.7 Å². The number of thioether (sulfide) groups is 1. The minimum atomic E-state index is -0.750. The van der Waals surface area contributed by atoms with Crippen molar-refractivity contribution in [1.29, 1.82) is 0 Å². The first-order valence-electron chi connectivity index (χ1n) is 4.71. The first kappa shape index (κ1) is 12.3. The Kier molecular flexibility index (Phi) is 3.63. The van der Waals surface area contributed by atoms with Crippen LogP contribution in [0.4, 0.5) is 4.39 Å². The normalized spacial score (nSPS) is 10.5. The van der Waals surface area contributed by atoms with Crippen molar-refractivity contribution >= 4 is 27.7 Å². The van der Waals surface area contributed by atoms with E-state index in [1.807, 2.05) is 0 Å². The lowest BCUT2D eigenvalue weighted by atomic mass is 10.1. The van der Waals surface area contributed by atoms with E-state index in [9.17, 15) is 9.18 Å². The van der Waals surface area contributed by atoms with Gasteiger partial charge in [-0.25, -0.2) is 0 Å². The molecule has 0 atom stereocenters. The summed E-state index contributed by atoms with van der Waals surface area (Å²) in [7, 11) is 0. The number of benzene rings is 1. The predicted octanol–water partition coefficient (Wildman–Crippen LogP) is 3.06. The van der Waals surface area contributed by atoms with Crippen molar-refractivity contribution in [3.63, 3.8) is 0 Å². The molecule has 0 saturated carbocycles. The van der Waals surface area contributed by atoms with Crippen LogP contribution < -0.4 is 5.56 Å². The molecule has 1 heterocycles. The lowest BCUT2D eigenvalue weighted by Gasteiger charge is -2.03. The summed E-state index contributed by atoms with van der Waals surface area (Å²) in [6.07, 6.45) is 1.72. The van der Waals surface area contributed by atoms with E-state index in [1.54, 1.807) is 30.5 Å². The second-order valence-corrected chi connectivity index (χ2v) is 4.96. The van der Waals surface area contributed by atoms with Gasteiger partial charge in [0, 0.05) is 4.47 Å². The van der Waals surface area contributed by atoms with E-state index >= 15 is 0 Å². The molecule has 2 aromatic rings. The van der Waals surface area contributed by atoms with Crippen LogP contribution in [0.1, 0.15) is 0 Å². The van der Waals surface area contributed by atoms with E-state index in [-0.39, 0.29) is 10.7 Å². The number of halogens is 2. The molecule has 1 aromatic carbocycles. The third-order valence-corrected chi connectivity index (χ3v) is 3.29. The summed E-state index contributed by atoms with van der Waals surface area (Å²) in [6, 6.07) is 6.82. The highest BCUT2D eigenvalue weighted by Crippen LogP contribution is 2.21. The largest absolute Gasteiger partial charge is 0.301 e. The van der Waals surface area contributed by atoms with Gasteiger partial charge in [-0.05, 0) is 24.0 Å². The van der Waals surface area contributed by atoms with Gasteiger partial charge < -0.3 is 4.98 Å². The third kappa shape index (κ3) is 2.58. The number of rotatable bonds is 2. The lowest BCUT2D eigenvalue weighted by molar-refractivity contribution is 0.564. The molecule has 0 unspecified atom stereocenters. The van der Waals surface area contributed by atoms with Crippen LogP contribution in [-0.2, 0) is 0 Å². The number of nitrogens with one attached hydrogen (secondary N) is 1. The van der Waals surface area contributed by atoms with Crippen molar-refractivity contribution in [3.05, 3.63) is 45.0 Å². The Balaban J connectivity index is 2.60. The van der Waals surface area contributed by atoms with Crippen molar-refractivity contribution in [2.24, 2.45) is 0 Å². The molecule has 0 bridgehead atoms. The van der Waals surface area contributed by atoms with E-state index in [2.05, 4.69) is 25.9 Å². The van der Waals surface area contributed by atoms with E-state index in [1.165, 1.54) is 11.8 Å². The van der Waals surface area contributed by atoms with Crippen molar-refractivity contribution in [3.8, 4) is 11.1 Å². The Morgan fingerprint density at radius 3 is 2.53 bits per heavy atom. The molecular weight excluding hydrogens is 307 g/mol. The Bertz CT molecular complexity index is 597. The van der Waals surface area contributed by atoms with Crippen LogP contribution in [0, 0.1) is 5.95 Å². The second kappa shape index (κ2) is 5.01. The van der Waals surface area contributed by atoms with Crippen molar-refractivity contribution < 1.29 is 4.39 Å². The van der Waals surface area contributed by atoms with Crippen LogP contribution in [0.2, 0.25) is 0 Å². The minimum absolute atomic E-state index is 0.0321. The highest BCUT2D eigenvalue weighted by atomic mass is 79.9. The zero-order valence-electron chi connectivity index (χ0n) is 8.83. The van der Waals surface area contributed by atoms with Crippen LogP contribution in [0.15, 0.2) is 38.7 Å². The van der Waals surface area contributed by atoms with E-state index < -0.39 is 11.5 Å². The summed E-state index contributed by atoms with van der Waals surface area (Å²) >= 11 is 4.47. The summed E-state index contributed by atoms with van der Waals surface area (Å²) in [5, 5.41) is 0.272. The summed E-state index contributed by atoms with van der Waals surface area (Å²) in [5.74, 6) is -0.750. The molecule has 0 aliphatic carbocycles. The van der Waals surface area contributed by atoms with Gasteiger partial charge in [0.1, 0.15) is 5.56 Å². The topological polar surface area (TPSA) is 45.8 Å². The lowest BCUT2D eigenvalue weighted by Crippen LogP contribution is -2.14. The molecular formula is C11H8BrFN2OS. The van der Waals surface area contributed by atoms with E-state index in [0.717, 1.165) is 4.47 Å². The van der Waals surface area contributed by atoms with Gasteiger partial charge in [-0.2, -0.15) is 9.37 Å². The van der Waals surface area contributed by atoms with Gasteiger partial charge >= 0.3 is 0 Å². The molecule has 0 fully saturated rings. The number of hydrogen-bond donors (Lipinski definition) is 1. The molecule has 0 saturated heterocycles. The summed E-state index contributed by atoms with van der Waals surface area (Å²) in [6.45, 7) is 0. The average molecular weight is 315 g/mol. The number of aromatic nitrogens is 2. The fourth-order valence-electron chi connectivity index (χ4n) is 1.39. The zero-order chi connectivity index (χ0) is 12.4. The van der Waals surface area contributed by atoms with Crippen LogP contribution in [0.25, 0.3) is 11.1 Å². The van der Waals surface area contributed by atoms with Crippen molar-refractivity contribution in [2.75, 3.05) is 6.26 Å². The first-order chi connectivity index (χ1) is 8.11. The Morgan fingerprint density at radius 2 is 2.00 bits per heavy atom. The Morgan fingerprint density at radius 1 is 1.35 bits per heavy atom. The number of H-pyrrole nitrogens is 1. The fraction of sp³-hybridized carbons (Fsp3) is 0.0909.